The molecule has 3 rings (SSSR count). The Morgan fingerprint density at radius 3 is 2.41 bits per heavy atom. The first-order chi connectivity index (χ1) is 12.9. The summed E-state index contributed by atoms with van der Waals surface area (Å²) >= 11 is 24.8. The van der Waals surface area contributed by atoms with Crippen LogP contribution in [0.25, 0.3) is 0 Å². The van der Waals surface area contributed by atoms with Gasteiger partial charge in [-0.1, -0.05) is 64.6 Å². The molecule has 0 spiro atoms. The summed E-state index contributed by atoms with van der Waals surface area (Å²) < 4.78 is 5.99. The fourth-order valence-corrected chi connectivity index (χ4v) is 3.66. The molecule has 27 heavy (non-hydrogen) atoms. The van der Waals surface area contributed by atoms with E-state index in [2.05, 4.69) is 5.32 Å². The molecule has 0 aromatic heterocycles. The quantitative estimate of drug-likeness (QED) is 0.422. The van der Waals surface area contributed by atoms with Crippen LogP contribution in [0.3, 0.4) is 0 Å². The molecule has 0 aliphatic rings. The molecule has 0 bridgehead atoms. The maximum Gasteiger partial charge on any atom is 0.143 e. The third-order valence-electron chi connectivity index (χ3n) is 4.09. The normalized spacial score (nSPS) is 10.7. The first kappa shape index (κ1) is 20.2. The van der Waals surface area contributed by atoms with Crippen LogP contribution in [0.15, 0.2) is 54.6 Å². The molecule has 6 heteroatoms. The van der Waals surface area contributed by atoms with Crippen molar-refractivity contribution in [2.45, 2.75) is 20.1 Å². The van der Waals surface area contributed by atoms with Crippen molar-refractivity contribution in [1.29, 1.82) is 0 Å². The molecule has 0 fully saturated rings. The summed E-state index contributed by atoms with van der Waals surface area (Å²) in [5.74, 6) is 0.591. The molecule has 0 radical (unpaired) electrons. The highest BCUT2D eigenvalue weighted by atomic mass is 35.5. The zero-order valence-corrected chi connectivity index (χ0v) is 17.6. The van der Waals surface area contributed by atoms with Gasteiger partial charge in [-0.25, -0.2) is 0 Å². The van der Waals surface area contributed by atoms with Crippen molar-refractivity contribution in [3.63, 3.8) is 0 Å². The van der Waals surface area contributed by atoms with Crippen molar-refractivity contribution in [3.8, 4) is 5.75 Å². The number of anilines is 1. The van der Waals surface area contributed by atoms with Gasteiger partial charge >= 0.3 is 0 Å². The Morgan fingerprint density at radius 1 is 0.852 bits per heavy atom. The lowest BCUT2D eigenvalue weighted by Crippen LogP contribution is -2.05. The second-order valence-electron chi connectivity index (χ2n) is 6.06. The molecule has 0 unspecified atom stereocenters. The maximum absolute atomic E-state index is 6.39. The molecule has 0 aliphatic carbocycles. The van der Waals surface area contributed by atoms with Crippen molar-refractivity contribution in [1.82, 2.24) is 0 Å². The summed E-state index contributed by atoms with van der Waals surface area (Å²) in [5.41, 5.74) is 3.74. The highest BCUT2D eigenvalue weighted by Gasteiger charge is 2.12. The van der Waals surface area contributed by atoms with Crippen LogP contribution in [-0.4, -0.2) is 0 Å². The van der Waals surface area contributed by atoms with Gasteiger partial charge in [0.15, 0.2) is 0 Å². The summed E-state index contributed by atoms with van der Waals surface area (Å²) in [4.78, 5) is 0. The van der Waals surface area contributed by atoms with E-state index in [1.807, 2.05) is 55.5 Å². The molecule has 0 amide bonds. The summed E-state index contributed by atoms with van der Waals surface area (Å²) in [6, 6.07) is 16.8. The second-order valence-corrected chi connectivity index (χ2v) is 7.75. The van der Waals surface area contributed by atoms with Crippen LogP contribution < -0.4 is 10.1 Å². The van der Waals surface area contributed by atoms with Crippen LogP contribution in [0.2, 0.25) is 20.1 Å². The third kappa shape index (κ3) is 5.24. The molecule has 140 valence electrons. The topological polar surface area (TPSA) is 21.3 Å². The SMILES string of the molecule is Cc1c(Cl)cccc1NCc1cc(Cl)cc(Cl)c1OCc1cccc(Cl)c1. The number of ether oxygens (including phenoxy) is 1. The van der Waals surface area contributed by atoms with Crippen molar-refractivity contribution in [2.75, 3.05) is 5.32 Å². The Morgan fingerprint density at radius 2 is 1.63 bits per heavy atom. The summed E-state index contributed by atoms with van der Waals surface area (Å²) in [7, 11) is 0. The van der Waals surface area contributed by atoms with Crippen LogP contribution in [0, 0.1) is 6.92 Å². The lowest BCUT2D eigenvalue weighted by Gasteiger charge is -2.16. The van der Waals surface area contributed by atoms with Gasteiger partial charge in [0.25, 0.3) is 0 Å². The van der Waals surface area contributed by atoms with Gasteiger partial charge in [0.1, 0.15) is 12.4 Å². The van der Waals surface area contributed by atoms with E-state index < -0.39 is 0 Å². The number of hydrogen-bond acceptors (Lipinski definition) is 2. The van der Waals surface area contributed by atoms with E-state index in [0.717, 1.165) is 22.4 Å². The fraction of sp³-hybridized carbons (Fsp3) is 0.143. The van der Waals surface area contributed by atoms with Crippen LogP contribution in [0.5, 0.6) is 5.75 Å². The van der Waals surface area contributed by atoms with E-state index in [1.165, 1.54) is 0 Å². The molecular weight excluding hydrogens is 424 g/mol. The number of rotatable bonds is 6. The van der Waals surface area contributed by atoms with E-state index >= 15 is 0 Å². The number of halogens is 4. The van der Waals surface area contributed by atoms with E-state index in [1.54, 1.807) is 6.07 Å². The lowest BCUT2D eigenvalue weighted by molar-refractivity contribution is 0.303. The molecule has 2 nitrogen and oxygen atoms in total. The number of nitrogens with one attached hydrogen (secondary N) is 1. The molecule has 0 aliphatic heterocycles. The molecule has 0 atom stereocenters. The zero-order chi connectivity index (χ0) is 19.4. The van der Waals surface area contributed by atoms with Gasteiger partial charge in [-0.3, -0.25) is 0 Å². The monoisotopic (exact) mass is 439 g/mol. The standard InChI is InChI=1S/C21H17Cl4NO/c1-13-18(24)6-3-7-20(13)26-11-15-9-17(23)10-19(25)21(15)27-12-14-4-2-5-16(22)8-14/h2-10,26H,11-12H2,1H3. The average molecular weight is 441 g/mol. The Kier molecular flexibility index (Phi) is 6.78. The predicted molar refractivity (Wildman–Crippen MR) is 116 cm³/mol. The average Bonchev–Trinajstić information content (AvgIpc) is 2.62. The van der Waals surface area contributed by atoms with Gasteiger partial charge in [-0.05, 0) is 54.4 Å². The van der Waals surface area contributed by atoms with E-state index in [0.29, 0.717) is 39.0 Å². The Labute approximate surface area is 179 Å². The van der Waals surface area contributed by atoms with E-state index in [-0.39, 0.29) is 0 Å². The Balaban J connectivity index is 1.80. The van der Waals surface area contributed by atoms with Gasteiger partial charge in [-0.2, -0.15) is 0 Å². The van der Waals surface area contributed by atoms with Crippen LogP contribution >= 0.6 is 46.4 Å². The van der Waals surface area contributed by atoms with Gasteiger partial charge in [0, 0.05) is 32.9 Å². The van der Waals surface area contributed by atoms with Crippen LogP contribution in [-0.2, 0) is 13.2 Å². The van der Waals surface area contributed by atoms with Crippen molar-refractivity contribution in [2.24, 2.45) is 0 Å². The molecule has 0 heterocycles. The smallest absolute Gasteiger partial charge is 0.143 e. The minimum absolute atomic E-state index is 0.352. The lowest BCUT2D eigenvalue weighted by atomic mass is 10.1. The van der Waals surface area contributed by atoms with Crippen molar-refractivity contribution < 1.29 is 4.74 Å². The molecule has 1 N–H and O–H groups in total. The minimum Gasteiger partial charge on any atom is -0.487 e. The minimum atomic E-state index is 0.352. The van der Waals surface area contributed by atoms with Crippen LogP contribution in [0.1, 0.15) is 16.7 Å². The van der Waals surface area contributed by atoms with Crippen molar-refractivity contribution >= 4 is 52.1 Å². The van der Waals surface area contributed by atoms with E-state index in [4.69, 9.17) is 51.1 Å². The summed E-state index contributed by atoms with van der Waals surface area (Å²) in [6.07, 6.45) is 0. The van der Waals surface area contributed by atoms with E-state index in [9.17, 15) is 0 Å². The molecule has 0 saturated carbocycles. The van der Waals surface area contributed by atoms with Gasteiger partial charge in [0.2, 0.25) is 0 Å². The molecular formula is C21H17Cl4NO. The highest BCUT2D eigenvalue weighted by Crippen LogP contribution is 2.34. The van der Waals surface area contributed by atoms with Gasteiger partial charge < -0.3 is 10.1 Å². The summed E-state index contributed by atoms with van der Waals surface area (Å²) in [6.45, 7) is 2.81. The highest BCUT2D eigenvalue weighted by molar-refractivity contribution is 6.35. The Hall–Kier alpha value is -1.58. The largest absolute Gasteiger partial charge is 0.487 e. The first-order valence-corrected chi connectivity index (χ1v) is 9.79. The van der Waals surface area contributed by atoms with Gasteiger partial charge in [0.05, 0.1) is 5.02 Å². The first-order valence-electron chi connectivity index (χ1n) is 8.28. The van der Waals surface area contributed by atoms with Gasteiger partial charge in [-0.15, -0.1) is 0 Å². The summed E-state index contributed by atoms with van der Waals surface area (Å²) in [5, 5.41) is 5.76. The zero-order valence-electron chi connectivity index (χ0n) is 14.5. The molecule has 3 aromatic carbocycles. The maximum atomic E-state index is 6.39. The molecule has 3 aromatic rings. The Bertz CT molecular complexity index is 959. The fourth-order valence-electron chi connectivity index (χ4n) is 2.68. The third-order valence-corrected chi connectivity index (χ3v) is 5.24. The predicted octanol–water partition coefficient (Wildman–Crippen LogP) is 7.80. The molecule has 0 saturated heterocycles. The van der Waals surface area contributed by atoms with Crippen molar-refractivity contribution in [3.05, 3.63) is 91.4 Å². The van der Waals surface area contributed by atoms with Crippen LogP contribution in [0.4, 0.5) is 5.69 Å². The number of benzene rings is 3. The second kappa shape index (κ2) is 9.07. The number of hydrogen-bond donors (Lipinski definition) is 1.